The summed E-state index contributed by atoms with van der Waals surface area (Å²) in [5, 5.41) is 0. The topological polar surface area (TPSA) is 7.76 Å². The van der Waals surface area contributed by atoms with E-state index in [0.29, 0.717) is 0 Å². The molecule has 0 unspecified atom stereocenters. The molecular formula is C26H40I2N2. The van der Waals surface area contributed by atoms with Crippen LogP contribution in [0, 0.1) is 0 Å². The lowest BCUT2D eigenvalue weighted by molar-refractivity contribution is -0.708. The smallest absolute Gasteiger partial charge is 0.171 e. The van der Waals surface area contributed by atoms with Crippen molar-refractivity contribution >= 4 is 0 Å². The molecule has 0 N–H and O–H groups in total. The van der Waals surface area contributed by atoms with Crippen LogP contribution in [0.1, 0.15) is 88.2 Å². The molecule has 1 aliphatic rings. The second-order valence-corrected chi connectivity index (χ2v) is 8.64. The molecule has 0 aromatic carbocycles. The predicted octanol–water partition coefficient (Wildman–Crippen LogP) is -0.250. The van der Waals surface area contributed by atoms with Gasteiger partial charge in [0.1, 0.15) is 13.1 Å². The Morgan fingerprint density at radius 2 is 0.833 bits per heavy atom. The van der Waals surface area contributed by atoms with Crippen LogP contribution in [0.2, 0.25) is 0 Å². The fourth-order valence-corrected chi connectivity index (χ4v) is 4.39. The van der Waals surface area contributed by atoms with Crippen molar-refractivity contribution < 1.29 is 57.1 Å². The summed E-state index contributed by atoms with van der Waals surface area (Å²) in [6, 6.07) is 9.06. The molecule has 0 saturated heterocycles. The Labute approximate surface area is 218 Å². The monoisotopic (exact) mass is 634 g/mol. The van der Waals surface area contributed by atoms with Crippen molar-refractivity contribution in [2.45, 2.75) is 103 Å². The van der Waals surface area contributed by atoms with E-state index in [2.05, 4.69) is 58.2 Å². The molecule has 1 aliphatic heterocycles. The first-order valence-corrected chi connectivity index (χ1v) is 11.9. The highest BCUT2D eigenvalue weighted by Crippen LogP contribution is 2.13. The highest BCUT2D eigenvalue weighted by atomic mass is 127. The van der Waals surface area contributed by atoms with Crippen molar-refractivity contribution in [3.63, 3.8) is 0 Å². The Balaban J connectivity index is 0.00000225. The number of halogens is 2. The maximum absolute atomic E-state index is 2.39. The van der Waals surface area contributed by atoms with Gasteiger partial charge in [-0.1, -0.05) is 51.4 Å². The molecule has 2 nitrogen and oxygen atoms in total. The van der Waals surface area contributed by atoms with Crippen molar-refractivity contribution in [2.24, 2.45) is 0 Å². The second-order valence-electron chi connectivity index (χ2n) is 8.64. The predicted molar refractivity (Wildman–Crippen MR) is 116 cm³/mol. The zero-order chi connectivity index (χ0) is 19.3. The third-order valence-electron chi connectivity index (χ3n) is 6.10. The molecule has 0 saturated carbocycles. The fourth-order valence-electron chi connectivity index (χ4n) is 4.39. The molecule has 0 radical (unpaired) electrons. The average molecular weight is 634 g/mol. The van der Waals surface area contributed by atoms with E-state index in [-0.39, 0.29) is 48.0 Å². The number of rotatable bonds is 0. The minimum absolute atomic E-state index is 0. The Bertz CT molecular complexity index is 631. The van der Waals surface area contributed by atoms with E-state index in [1.165, 1.54) is 101 Å². The number of pyridine rings is 2. The standard InChI is InChI=1S/C26H40N2.2HI/c1-2-4-6-8-10-16-26-18-14-22-28(24-26)20-12-11-19-27-21-13-17-25(23-27)15-9-7-5-3-1;;/h13-14,17-18,21-24H,1-12,15-16,19-20H2;2*1H/q+2;;/p-2. The molecule has 4 heteroatoms. The Kier molecular flexibility index (Phi) is 16.1. The van der Waals surface area contributed by atoms with Gasteiger partial charge in [0.2, 0.25) is 0 Å². The van der Waals surface area contributed by atoms with E-state index in [9.17, 15) is 0 Å². The summed E-state index contributed by atoms with van der Waals surface area (Å²) in [5.74, 6) is 0. The van der Waals surface area contributed by atoms with Crippen LogP contribution in [-0.2, 0) is 25.9 Å². The summed E-state index contributed by atoms with van der Waals surface area (Å²) in [6.07, 6.45) is 28.2. The Morgan fingerprint density at radius 1 is 0.467 bits per heavy atom. The van der Waals surface area contributed by atoms with Crippen LogP contribution in [0.15, 0.2) is 49.1 Å². The summed E-state index contributed by atoms with van der Waals surface area (Å²) < 4.78 is 4.78. The first-order chi connectivity index (χ1) is 13.9. The van der Waals surface area contributed by atoms with Crippen molar-refractivity contribution in [1.82, 2.24) is 0 Å². The van der Waals surface area contributed by atoms with Gasteiger partial charge in [0.05, 0.1) is 0 Å². The number of aromatic nitrogens is 2. The van der Waals surface area contributed by atoms with Gasteiger partial charge in [0, 0.05) is 36.1 Å². The molecule has 2 aromatic heterocycles. The van der Waals surface area contributed by atoms with Crippen LogP contribution < -0.4 is 57.1 Å². The maximum Gasteiger partial charge on any atom is 0.171 e. The molecule has 4 bridgehead atoms. The van der Waals surface area contributed by atoms with Crippen LogP contribution in [0.5, 0.6) is 0 Å². The number of hydrogen-bond donors (Lipinski definition) is 0. The van der Waals surface area contributed by atoms with E-state index in [1.54, 1.807) is 0 Å². The van der Waals surface area contributed by atoms with Crippen LogP contribution in [-0.4, -0.2) is 0 Å². The fraction of sp³-hybridized carbons (Fsp3) is 0.615. The summed E-state index contributed by atoms with van der Waals surface area (Å²) in [6.45, 7) is 2.27. The Morgan fingerprint density at radius 3 is 1.23 bits per heavy atom. The van der Waals surface area contributed by atoms with E-state index in [0.717, 1.165) is 13.1 Å². The number of aryl methyl sites for hydroxylation is 4. The molecule has 30 heavy (non-hydrogen) atoms. The lowest BCUT2D eigenvalue weighted by Crippen LogP contribution is -3.00. The number of nitrogens with zero attached hydrogens (tertiary/aromatic N) is 2. The molecule has 3 heterocycles. The van der Waals surface area contributed by atoms with Gasteiger partial charge in [0.25, 0.3) is 0 Å². The minimum atomic E-state index is 0. The zero-order valence-corrected chi connectivity index (χ0v) is 22.9. The van der Waals surface area contributed by atoms with E-state index >= 15 is 0 Å². The SMILES string of the molecule is [I-].[I-].c1cc2c[n+](c1)CCCC[n+]1cccc(c1)CCCCCCCCCCCC2. The largest absolute Gasteiger partial charge is 1.00 e. The van der Waals surface area contributed by atoms with E-state index in [1.807, 2.05) is 0 Å². The summed E-state index contributed by atoms with van der Waals surface area (Å²) in [7, 11) is 0. The van der Waals surface area contributed by atoms with E-state index in [4.69, 9.17) is 0 Å². The molecule has 0 spiro atoms. The molecule has 168 valence electrons. The number of hydrogen-bond acceptors (Lipinski definition) is 0. The molecule has 0 fully saturated rings. The highest BCUT2D eigenvalue weighted by molar-refractivity contribution is 5.05. The van der Waals surface area contributed by atoms with Gasteiger partial charge < -0.3 is 48.0 Å². The van der Waals surface area contributed by atoms with Gasteiger partial charge in [0.15, 0.2) is 24.8 Å². The van der Waals surface area contributed by atoms with Crippen LogP contribution in [0.3, 0.4) is 0 Å². The first-order valence-electron chi connectivity index (χ1n) is 11.9. The normalized spacial score (nSPS) is 17.3. The first kappa shape index (κ1) is 27.8. The van der Waals surface area contributed by atoms with Crippen molar-refractivity contribution in [1.29, 1.82) is 0 Å². The molecule has 0 atom stereocenters. The second kappa shape index (κ2) is 17.3. The number of fused-ring (bicyclic) bond motifs is 4. The molecule has 2 aromatic rings. The van der Waals surface area contributed by atoms with Gasteiger partial charge >= 0.3 is 0 Å². The lowest BCUT2D eigenvalue weighted by Gasteiger charge is -2.05. The lowest BCUT2D eigenvalue weighted by atomic mass is 10.0. The van der Waals surface area contributed by atoms with Crippen LogP contribution in [0.4, 0.5) is 0 Å². The summed E-state index contributed by atoms with van der Waals surface area (Å²) >= 11 is 0. The van der Waals surface area contributed by atoms with E-state index < -0.39 is 0 Å². The third-order valence-corrected chi connectivity index (χ3v) is 6.10. The van der Waals surface area contributed by atoms with Gasteiger partial charge in [-0.15, -0.1) is 0 Å². The van der Waals surface area contributed by atoms with Crippen molar-refractivity contribution in [2.75, 3.05) is 0 Å². The van der Waals surface area contributed by atoms with Gasteiger partial charge in [-0.05, 0) is 37.8 Å². The Hall–Kier alpha value is -0.240. The highest BCUT2D eigenvalue weighted by Gasteiger charge is 2.07. The van der Waals surface area contributed by atoms with Crippen molar-refractivity contribution in [3.8, 4) is 0 Å². The zero-order valence-electron chi connectivity index (χ0n) is 18.6. The van der Waals surface area contributed by atoms with Gasteiger partial charge in [-0.25, -0.2) is 9.13 Å². The maximum atomic E-state index is 2.39. The average Bonchev–Trinajstić information content (AvgIpc) is 2.72. The molecular weight excluding hydrogens is 594 g/mol. The quantitative estimate of drug-likeness (QED) is 0.279. The summed E-state index contributed by atoms with van der Waals surface area (Å²) in [4.78, 5) is 0. The molecule has 0 aliphatic carbocycles. The van der Waals surface area contributed by atoms with Gasteiger partial charge in [-0.2, -0.15) is 0 Å². The molecule has 3 rings (SSSR count). The molecule has 0 amide bonds. The minimum Gasteiger partial charge on any atom is -1.00 e. The van der Waals surface area contributed by atoms with Crippen molar-refractivity contribution in [3.05, 3.63) is 60.2 Å². The van der Waals surface area contributed by atoms with Crippen LogP contribution in [0.25, 0.3) is 0 Å². The summed E-state index contributed by atoms with van der Waals surface area (Å²) in [5.41, 5.74) is 3.01. The third kappa shape index (κ3) is 11.4. The van der Waals surface area contributed by atoms with Gasteiger partial charge in [-0.3, -0.25) is 0 Å². The van der Waals surface area contributed by atoms with Crippen LogP contribution >= 0.6 is 0 Å².